The number of hydrogen-bond donors (Lipinski definition) is 2. The van der Waals surface area contributed by atoms with Crippen LogP contribution in [0.15, 0.2) is 18.5 Å². The number of halogens is 1. The van der Waals surface area contributed by atoms with Gasteiger partial charge in [0.2, 0.25) is 0 Å². The van der Waals surface area contributed by atoms with Crippen molar-refractivity contribution >= 4 is 17.0 Å². The van der Waals surface area contributed by atoms with Gasteiger partial charge >= 0.3 is 5.97 Å². The minimum absolute atomic E-state index is 0.0555. The fourth-order valence-electron chi connectivity index (χ4n) is 1.14. The molecule has 0 radical (unpaired) electrons. The van der Waals surface area contributed by atoms with Crippen molar-refractivity contribution in [2.24, 2.45) is 0 Å². The number of aromatic carboxylic acids is 1. The van der Waals surface area contributed by atoms with Gasteiger partial charge < -0.3 is 10.1 Å². The van der Waals surface area contributed by atoms with Crippen LogP contribution >= 0.6 is 0 Å². The number of fused-ring (bicyclic) bond motifs is 1. The predicted molar refractivity (Wildman–Crippen MR) is 43.0 cm³/mol. The molecule has 0 atom stereocenters. The number of H-pyrrole nitrogens is 1. The smallest absolute Gasteiger partial charge is 0.338 e. The van der Waals surface area contributed by atoms with Crippen molar-refractivity contribution in [1.29, 1.82) is 0 Å². The van der Waals surface area contributed by atoms with Gasteiger partial charge in [0.05, 0.1) is 17.4 Å². The van der Waals surface area contributed by atoms with Crippen LogP contribution in [-0.2, 0) is 0 Å². The fourth-order valence-corrected chi connectivity index (χ4v) is 1.14. The number of carboxylic acid groups (broad SMARTS) is 1. The number of hydrogen-bond acceptors (Lipinski definition) is 2. The number of carboxylic acids is 1. The van der Waals surface area contributed by atoms with E-state index < -0.39 is 11.8 Å². The van der Waals surface area contributed by atoms with Crippen LogP contribution in [0.4, 0.5) is 4.39 Å². The zero-order valence-corrected chi connectivity index (χ0v) is 6.41. The molecule has 4 nitrogen and oxygen atoms in total. The second-order valence-corrected chi connectivity index (χ2v) is 2.53. The zero-order chi connectivity index (χ0) is 9.42. The summed E-state index contributed by atoms with van der Waals surface area (Å²) in [5, 5.41) is 8.58. The molecular weight excluding hydrogens is 175 g/mol. The Labute approximate surface area is 72.0 Å². The van der Waals surface area contributed by atoms with Crippen molar-refractivity contribution in [2.45, 2.75) is 0 Å². The molecule has 0 aliphatic rings. The molecule has 0 aliphatic carbocycles. The van der Waals surface area contributed by atoms with Crippen LogP contribution in [0.5, 0.6) is 0 Å². The highest BCUT2D eigenvalue weighted by molar-refractivity contribution is 5.92. The monoisotopic (exact) mass is 180 g/mol. The normalized spacial score (nSPS) is 10.5. The Morgan fingerprint density at radius 2 is 2.31 bits per heavy atom. The Morgan fingerprint density at radius 3 is 3.00 bits per heavy atom. The quantitative estimate of drug-likeness (QED) is 0.697. The highest BCUT2D eigenvalue weighted by Gasteiger charge is 2.14. The average molecular weight is 180 g/mol. The first-order valence-electron chi connectivity index (χ1n) is 3.55. The van der Waals surface area contributed by atoms with Crippen molar-refractivity contribution < 1.29 is 14.3 Å². The fraction of sp³-hybridized carbons (Fsp3) is 0. The number of nitrogens with one attached hydrogen (secondary N) is 1. The van der Waals surface area contributed by atoms with Gasteiger partial charge in [-0.3, -0.25) is 0 Å². The van der Waals surface area contributed by atoms with Crippen LogP contribution in [0.1, 0.15) is 10.4 Å². The molecule has 0 spiro atoms. The topological polar surface area (TPSA) is 66.0 Å². The average Bonchev–Trinajstić information content (AvgIpc) is 2.52. The number of aromatic nitrogens is 2. The Morgan fingerprint density at radius 1 is 1.54 bits per heavy atom. The SMILES string of the molecule is O=C(O)c1ccc2[nH]cnc2c1F. The number of imidazole rings is 1. The van der Waals surface area contributed by atoms with Gasteiger partial charge in [0.25, 0.3) is 0 Å². The van der Waals surface area contributed by atoms with E-state index in [1.807, 2.05) is 0 Å². The first-order valence-corrected chi connectivity index (χ1v) is 3.55. The highest BCUT2D eigenvalue weighted by atomic mass is 19.1. The molecule has 0 bridgehead atoms. The van der Waals surface area contributed by atoms with E-state index >= 15 is 0 Å². The van der Waals surface area contributed by atoms with Crippen LogP contribution in [0.3, 0.4) is 0 Å². The second-order valence-electron chi connectivity index (χ2n) is 2.53. The van der Waals surface area contributed by atoms with Gasteiger partial charge in [-0.25, -0.2) is 14.2 Å². The largest absolute Gasteiger partial charge is 0.478 e. The summed E-state index contributed by atoms with van der Waals surface area (Å²) in [5.74, 6) is -2.09. The first kappa shape index (κ1) is 7.72. The summed E-state index contributed by atoms with van der Waals surface area (Å²) in [6, 6.07) is 2.69. The van der Waals surface area contributed by atoms with Crippen LogP contribution in [-0.4, -0.2) is 21.0 Å². The van der Waals surface area contributed by atoms with Crippen LogP contribution < -0.4 is 0 Å². The summed E-state index contributed by atoms with van der Waals surface area (Å²) in [7, 11) is 0. The molecule has 1 heterocycles. The van der Waals surface area contributed by atoms with Gasteiger partial charge in [0, 0.05) is 0 Å². The van der Waals surface area contributed by atoms with Crippen LogP contribution in [0.2, 0.25) is 0 Å². The maximum absolute atomic E-state index is 13.3. The predicted octanol–water partition coefficient (Wildman–Crippen LogP) is 1.40. The van der Waals surface area contributed by atoms with Gasteiger partial charge in [-0.05, 0) is 12.1 Å². The molecule has 0 saturated heterocycles. The molecule has 0 fully saturated rings. The van der Waals surface area contributed by atoms with Gasteiger partial charge in [-0.2, -0.15) is 0 Å². The summed E-state index contributed by atoms with van der Waals surface area (Å²) >= 11 is 0. The molecule has 0 aliphatic heterocycles. The maximum Gasteiger partial charge on any atom is 0.338 e. The number of rotatable bonds is 1. The standard InChI is InChI=1S/C8H5FN2O2/c9-6-4(8(12)13)1-2-5-7(6)11-3-10-5/h1-3H,(H,10,11)(H,12,13). The molecule has 2 N–H and O–H groups in total. The number of nitrogens with zero attached hydrogens (tertiary/aromatic N) is 1. The van der Waals surface area contributed by atoms with E-state index in [1.54, 1.807) is 0 Å². The van der Waals surface area contributed by atoms with Gasteiger partial charge in [0.15, 0.2) is 5.82 Å². The Kier molecular flexibility index (Phi) is 1.51. The van der Waals surface area contributed by atoms with E-state index in [2.05, 4.69) is 9.97 Å². The van der Waals surface area contributed by atoms with E-state index in [9.17, 15) is 9.18 Å². The minimum atomic E-state index is -1.29. The molecule has 66 valence electrons. The second kappa shape index (κ2) is 2.55. The summed E-state index contributed by atoms with van der Waals surface area (Å²) in [4.78, 5) is 16.9. The Bertz CT molecular complexity index is 478. The van der Waals surface area contributed by atoms with Gasteiger partial charge in [-0.15, -0.1) is 0 Å². The molecule has 0 unspecified atom stereocenters. The van der Waals surface area contributed by atoms with Crippen molar-refractivity contribution in [3.8, 4) is 0 Å². The highest BCUT2D eigenvalue weighted by Crippen LogP contribution is 2.17. The van der Waals surface area contributed by atoms with Crippen molar-refractivity contribution in [3.63, 3.8) is 0 Å². The minimum Gasteiger partial charge on any atom is -0.478 e. The number of aromatic amines is 1. The molecular formula is C8H5FN2O2. The summed E-state index contributed by atoms with van der Waals surface area (Å²) < 4.78 is 13.3. The van der Waals surface area contributed by atoms with E-state index in [0.29, 0.717) is 5.52 Å². The molecule has 0 amide bonds. The van der Waals surface area contributed by atoms with Crippen molar-refractivity contribution in [3.05, 3.63) is 29.8 Å². The molecule has 1 aromatic carbocycles. The molecule has 1 aromatic heterocycles. The lowest BCUT2D eigenvalue weighted by Crippen LogP contribution is -2.00. The molecule has 5 heteroatoms. The lowest BCUT2D eigenvalue weighted by atomic mass is 10.2. The summed E-state index contributed by atoms with van der Waals surface area (Å²) in [6.07, 6.45) is 1.32. The van der Waals surface area contributed by atoms with Gasteiger partial charge in [-0.1, -0.05) is 0 Å². The van der Waals surface area contributed by atoms with Crippen molar-refractivity contribution in [2.75, 3.05) is 0 Å². The van der Waals surface area contributed by atoms with Crippen LogP contribution in [0.25, 0.3) is 11.0 Å². The molecule has 0 saturated carbocycles. The molecule has 13 heavy (non-hydrogen) atoms. The van der Waals surface area contributed by atoms with E-state index in [0.717, 1.165) is 0 Å². The molecule has 2 rings (SSSR count). The lowest BCUT2D eigenvalue weighted by Gasteiger charge is -1.96. The summed E-state index contributed by atoms with van der Waals surface area (Å²) in [6.45, 7) is 0. The van der Waals surface area contributed by atoms with E-state index in [1.165, 1.54) is 18.5 Å². The third-order valence-corrected chi connectivity index (χ3v) is 1.76. The van der Waals surface area contributed by atoms with Crippen LogP contribution in [0, 0.1) is 5.82 Å². The Hall–Kier alpha value is -1.91. The zero-order valence-electron chi connectivity index (χ0n) is 6.41. The first-order chi connectivity index (χ1) is 6.20. The lowest BCUT2D eigenvalue weighted by molar-refractivity contribution is 0.0692. The number of benzene rings is 1. The number of carbonyl (C=O) groups is 1. The van der Waals surface area contributed by atoms with Gasteiger partial charge in [0.1, 0.15) is 5.52 Å². The van der Waals surface area contributed by atoms with Crippen molar-refractivity contribution in [1.82, 2.24) is 9.97 Å². The summed E-state index contributed by atoms with van der Waals surface area (Å²) in [5.41, 5.74) is 0.182. The third kappa shape index (κ3) is 1.05. The Balaban J connectivity index is 2.80. The molecule has 2 aromatic rings. The van der Waals surface area contributed by atoms with E-state index in [-0.39, 0.29) is 11.1 Å². The maximum atomic E-state index is 13.3. The third-order valence-electron chi connectivity index (χ3n) is 1.76. The van der Waals surface area contributed by atoms with E-state index in [4.69, 9.17) is 5.11 Å².